The molecule has 0 spiro atoms. The summed E-state index contributed by atoms with van der Waals surface area (Å²) in [6.07, 6.45) is -0.0476. The van der Waals surface area contributed by atoms with Gasteiger partial charge in [0, 0.05) is 16.2 Å². The van der Waals surface area contributed by atoms with Gasteiger partial charge >= 0.3 is 5.97 Å². The number of aliphatic carboxylic acids is 1. The van der Waals surface area contributed by atoms with Crippen LogP contribution < -0.4 is 0 Å². The van der Waals surface area contributed by atoms with Crippen LogP contribution in [0.4, 0.5) is 0 Å². The molecule has 2 aromatic carbocycles. The van der Waals surface area contributed by atoms with Crippen molar-refractivity contribution < 1.29 is 15.0 Å². The highest BCUT2D eigenvalue weighted by atomic mass is 32.2. The Hall–Kier alpha value is -1.78. The van der Waals surface area contributed by atoms with Crippen LogP contribution in [-0.2, 0) is 11.2 Å². The van der Waals surface area contributed by atoms with Gasteiger partial charge in [-0.3, -0.25) is 4.79 Å². The van der Waals surface area contributed by atoms with Gasteiger partial charge < -0.3 is 10.2 Å². The second kappa shape index (κ2) is 5.78. The normalized spacial score (nSPS) is 18.0. The monoisotopic (exact) mass is 314 g/mol. The van der Waals surface area contributed by atoms with Crippen molar-refractivity contribution in [3.63, 3.8) is 0 Å². The lowest BCUT2D eigenvalue weighted by Crippen LogP contribution is -2.09. The number of aliphatic hydroxyl groups excluding tert-OH is 1. The molecule has 0 unspecified atom stereocenters. The first-order chi connectivity index (χ1) is 10.5. The minimum Gasteiger partial charge on any atom is -0.481 e. The second-order valence-electron chi connectivity index (χ2n) is 5.79. The number of benzene rings is 2. The summed E-state index contributed by atoms with van der Waals surface area (Å²) in [6.45, 7) is 3.71. The summed E-state index contributed by atoms with van der Waals surface area (Å²) in [4.78, 5) is 13.3. The molecule has 2 N–H and O–H groups in total. The number of rotatable bonds is 2. The molecule has 22 heavy (non-hydrogen) atoms. The SMILES string of the molecule is Cc1ccc2c(c1)C[C@@H](O)c1cc([C@H](C)C(=O)O)ccc1S2. The average molecular weight is 314 g/mol. The predicted octanol–water partition coefficient (Wildman–Crippen LogP) is 3.92. The molecule has 0 aromatic heterocycles. The van der Waals surface area contributed by atoms with Gasteiger partial charge in [-0.1, -0.05) is 41.6 Å². The van der Waals surface area contributed by atoms with Crippen molar-refractivity contribution in [3.8, 4) is 0 Å². The topological polar surface area (TPSA) is 57.5 Å². The van der Waals surface area contributed by atoms with Crippen LogP contribution in [0.15, 0.2) is 46.2 Å². The van der Waals surface area contributed by atoms with Gasteiger partial charge in [0.2, 0.25) is 0 Å². The summed E-state index contributed by atoms with van der Waals surface area (Å²) in [6, 6.07) is 11.9. The summed E-state index contributed by atoms with van der Waals surface area (Å²) in [5.74, 6) is -1.43. The highest BCUT2D eigenvalue weighted by Crippen LogP contribution is 2.41. The number of hydrogen-bond acceptors (Lipinski definition) is 3. The van der Waals surface area contributed by atoms with E-state index in [1.807, 2.05) is 25.1 Å². The van der Waals surface area contributed by atoms with E-state index in [2.05, 4.69) is 18.2 Å². The largest absolute Gasteiger partial charge is 0.481 e. The van der Waals surface area contributed by atoms with Gasteiger partial charge in [0.1, 0.15) is 0 Å². The molecule has 1 aliphatic rings. The summed E-state index contributed by atoms with van der Waals surface area (Å²) in [7, 11) is 0. The maximum atomic E-state index is 11.2. The van der Waals surface area contributed by atoms with Gasteiger partial charge in [-0.25, -0.2) is 0 Å². The first-order valence-corrected chi connectivity index (χ1v) is 8.09. The van der Waals surface area contributed by atoms with Crippen molar-refractivity contribution in [1.29, 1.82) is 0 Å². The molecule has 114 valence electrons. The van der Waals surface area contributed by atoms with Gasteiger partial charge in [0.15, 0.2) is 0 Å². The van der Waals surface area contributed by atoms with Crippen molar-refractivity contribution in [2.45, 2.75) is 42.1 Å². The molecule has 2 aromatic rings. The number of carboxylic acid groups (broad SMARTS) is 1. The van der Waals surface area contributed by atoms with Crippen LogP contribution in [-0.4, -0.2) is 16.2 Å². The Balaban J connectivity index is 2.04. The molecule has 1 heterocycles. The fourth-order valence-electron chi connectivity index (χ4n) is 2.74. The first kappa shape index (κ1) is 15.1. The predicted molar refractivity (Wildman–Crippen MR) is 86.5 cm³/mol. The standard InChI is InChI=1S/C18H18O3S/c1-10-3-5-16-13(7-10)9-15(19)14-8-12(11(2)18(20)21)4-6-17(14)22-16/h3-8,11,15,19H,9H2,1-2H3,(H,20,21)/t11-,15+/m0/s1. The van der Waals surface area contributed by atoms with Crippen LogP contribution in [0.3, 0.4) is 0 Å². The van der Waals surface area contributed by atoms with Crippen molar-refractivity contribution in [3.05, 3.63) is 58.7 Å². The molecule has 3 nitrogen and oxygen atoms in total. The zero-order valence-corrected chi connectivity index (χ0v) is 13.4. The Morgan fingerprint density at radius 2 is 1.95 bits per heavy atom. The maximum Gasteiger partial charge on any atom is 0.310 e. The maximum absolute atomic E-state index is 11.2. The summed E-state index contributed by atoms with van der Waals surface area (Å²) in [5.41, 5.74) is 3.87. The smallest absolute Gasteiger partial charge is 0.310 e. The molecule has 0 bridgehead atoms. The van der Waals surface area contributed by atoms with E-state index in [1.54, 1.807) is 18.7 Å². The van der Waals surface area contributed by atoms with Crippen molar-refractivity contribution >= 4 is 17.7 Å². The fourth-order valence-corrected chi connectivity index (χ4v) is 3.83. The molecule has 0 saturated heterocycles. The van der Waals surface area contributed by atoms with Crippen molar-refractivity contribution in [1.82, 2.24) is 0 Å². The van der Waals surface area contributed by atoms with E-state index < -0.39 is 18.0 Å². The minimum absolute atomic E-state index is 0.557. The van der Waals surface area contributed by atoms with E-state index in [4.69, 9.17) is 5.11 Å². The van der Waals surface area contributed by atoms with Crippen LogP contribution in [0.1, 0.15) is 41.2 Å². The summed E-state index contributed by atoms with van der Waals surface area (Å²) >= 11 is 1.64. The zero-order valence-electron chi connectivity index (χ0n) is 12.5. The second-order valence-corrected chi connectivity index (χ2v) is 6.87. The van der Waals surface area contributed by atoms with Gasteiger partial charge in [0.25, 0.3) is 0 Å². The number of fused-ring (bicyclic) bond motifs is 2. The highest BCUT2D eigenvalue weighted by Gasteiger charge is 2.23. The Kier molecular flexibility index (Phi) is 3.98. The van der Waals surface area contributed by atoms with Gasteiger partial charge in [-0.2, -0.15) is 0 Å². The average Bonchev–Trinajstić information content (AvgIpc) is 2.62. The van der Waals surface area contributed by atoms with Crippen molar-refractivity contribution in [2.24, 2.45) is 0 Å². The number of hydrogen-bond donors (Lipinski definition) is 2. The summed E-state index contributed by atoms with van der Waals surface area (Å²) in [5, 5.41) is 19.7. The number of carbonyl (C=O) groups is 1. The lowest BCUT2D eigenvalue weighted by molar-refractivity contribution is -0.138. The lowest BCUT2D eigenvalue weighted by atomic mass is 9.95. The molecule has 0 amide bonds. The van der Waals surface area contributed by atoms with Gasteiger partial charge in [-0.05, 0) is 42.7 Å². The third-order valence-electron chi connectivity index (χ3n) is 4.11. The Labute approximate surface area is 134 Å². The Morgan fingerprint density at radius 1 is 1.23 bits per heavy atom. The first-order valence-electron chi connectivity index (χ1n) is 7.28. The molecular formula is C18H18O3S. The molecule has 4 heteroatoms. The minimum atomic E-state index is -0.852. The number of aryl methyl sites for hydroxylation is 1. The van der Waals surface area contributed by atoms with E-state index >= 15 is 0 Å². The molecule has 0 fully saturated rings. The molecule has 2 atom stereocenters. The van der Waals surface area contributed by atoms with Crippen molar-refractivity contribution in [2.75, 3.05) is 0 Å². The van der Waals surface area contributed by atoms with E-state index in [-0.39, 0.29) is 0 Å². The quantitative estimate of drug-likeness (QED) is 0.882. The fraction of sp³-hybridized carbons (Fsp3) is 0.278. The van der Waals surface area contributed by atoms with Crippen LogP contribution in [0, 0.1) is 6.92 Å². The van der Waals surface area contributed by atoms with Crippen LogP contribution >= 0.6 is 11.8 Å². The molecule has 0 radical (unpaired) electrons. The van der Waals surface area contributed by atoms with Gasteiger partial charge in [0.05, 0.1) is 12.0 Å². The van der Waals surface area contributed by atoms with E-state index in [0.717, 1.165) is 26.5 Å². The molecule has 0 aliphatic carbocycles. The van der Waals surface area contributed by atoms with E-state index in [1.165, 1.54) is 5.56 Å². The van der Waals surface area contributed by atoms with E-state index in [9.17, 15) is 9.90 Å². The molecule has 1 aliphatic heterocycles. The van der Waals surface area contributed by atoms with E-state index in [0.29, 0.717) is 6.42 Å². The third-order valence-corrected chi connectivity index (χ3v) is 5.32. The van der Waals surface area contributed by atoms with Crippen LogP contribution in [0.5, 0.6) is 0 Å². The van der Waals surface area contributed by atoms with Gasteiger partial charge in [-0.15, -0.1) is 0 Å². The molecule has 3 rings (SSSR count). The number of carboxylic acids is 1. The summed E-state index contributed by atoms with van der Waals surface area (Å²) < 4.78 is 0. The molecular weight excluding hydrogens is 296 g/mol. The van der Waals surface area contributed by atoms with Crippen LogP contribution in [0.25, 0.3) is 0 Å². The highest BCUT2D eigenvalue weighted by molar-refractivity contribution is 7.99. The van der Waals surface area contributed by atoms with Crippen LogP contribution in [0.2, 0.25) is 0 Å². The Bertz CT molecular complexity index is 739. The lowest BCUT2D eigenvalue weighted by Gasteiger charge is -2.15. The third kappa shape index (κ3) is 2.76. The molecule has 0 saturated carbocycles. The number of aliphatic hydroxyl groups is 1. The zero-order chi connectivity index (χ0) is 15.9. The Morgan fingerprint density at radius 3 is 2.68 bits per heavy atom.